The summed E-state index contributed by atoms with van der Waals surface area (Å²) in [5.41, 5.74) is 0.172. The fraction of sp³-hybridized carbons (Fsp3) is 0.750. The summed E-state index contributed by atoms with van der Waals surface area (Å²) >= 11 is 0. The van der Waals surface area contributed by atoms with Crippen molar-refractivity contribution in [3.63, 3.8) is 0 Å². The Kier molecular flexibility index (Phi) is 2.39. The summed E-state index contributed by atoms with van der Waals surface area (Å²) in [5, 5.41) is 3.15. The van der Waals surface area contributed by atoms with E-state index < -0.39 is 0 Å². The highest BCUT2D eigenvalue weighted by Crippen LogP contribution is 2.22. The number of nitrogens with one attached hydrogen (secondary N) is 1. The first kappa shape index (κ1) is 8.40. The van der Waals surface area contributed by atoms with Crippen molar-refractivity contribution < 1.29 is 0 Å². The van der Waals surface area contributed by atoms with Crippen molar-refractivity contribution in [1.82, 2.24) is 5.32 Å². The molecule has 62 valence electrons. The third-order valence-corrected chi connectivity index (χ3v) is 1.95. The van der Waals surface area contributed by atoms with Gasteiger partial charge in [0.1, 0.15) is 6.34 Å². The van der Waals surface area contributed by atoms with Gasteiger partial charge in [-0.05, 0) is 7.05 Å². The van der Waals surface area contributed by atoms with Crippen LogP contribution in [0.25, 0.3) is 0 Å². The van der Waals surface area contributed by atoms with Gasteiger partial charge in [0.2, 0.25) is 0 Å². The van der Waals surface area contributed by atoms with Crippen molar-refractivity contribution in [2.75, 3.05) is 13.6 Å². The number of hydrogen-bond donors (Lipinski definition) is 1. The van der Waals surface area contributed by atoms with E-state index in [4.69, 9.17) is 0 Å². The maximum atomic E-state index is 4.24. The molecular weight excluding hydrogens is 138 g/mol. The Morgan fingerprint density at radius 3 is 2.73 bits per heavy atom. The van der Waals surface area contributed by atoms with Gasteiger partial charge in [0.15, 0.2) is 0 Å². The number of nitrogens with zero attached hydrogens (tertiary/aromatic N) is 2. The highest BCUT2D eigenvalue weighted by atomic mass is 15.0. The fourth-order valence-electron chi connectivity index (χ4n) is 1.23. The standard InChI is InChI=1S/C8H15N3/c1-8(2,5-9-3)7-4-10-6-11-7/h4,6-7,9H,5H2,1-3H3. The summed E-state index contributed by atoms with van der Waals surface area (Å²) in [4.78, 5) is 8.21. The van der Waals surface area contributed by atoms with E-state index in [0.717, 1.165) is 6.54 Å². The predicted octanol–water partition coefficient (Wildman–Crippen LogP) is 0.713. The molecule has 3 nitrogen and oxygen atoms in total. The van der Waals surface area contributed by atoms with Crippen LogP contribution < -0.4 is 5.32 Å². The van der Waals surface area contributed by atoms with Crippen LogP contribution in [-0.2, 0) is 0 Å². The van der Waals surface area contributed by atoms with Crippen molar-refractivity contribution in [2.24, 2.45) is 15.4 Å². The van der Waals surface area contributed by atoms with Gasteiger partial charge in [-0.15, -0.1) is 0 Å². The maximum absolute atomic E-state index is 4.24. The first-order chi connectivity index (χ1) is 5.17. The third-order valence-electron chi connectivity index (χ3n) is 1.95. The molecule has 1 aliphatic rings. The Bertz CT molecular complexity index is 170. The molecule has 0 saturated carbocycles. The lowest BCUT2D eigenvalue weighted by molar-refractivity contribution is 0.335. The molecule has 0 saturated heterocycles. The van der Waals surface area contributed by atoms with E-state index in [-0.39, 0.29) is 11.5 Å². The molecule has 1 heterocycles. The lowest BCUT2D eigenvalue weighted by Gasteiger charge is -2.26. The molecule has 1 unspecified atom stereocenters. The van der Waals surface area contributed by atoms with Crippen LogP contribution >= 0.6 is 0 Å². The van der Waals surface area contributed by atoms with Crippen LogP contribution in [0, 0.1) is 5.41 Å². The molecule has 0 aliphatic carbocycles. The minimum Gasteiger partial charge on any atom is -0.319 e. The largest absolute Gasteiger partial charge is 0.319 e. The van der Waals surface area contributed by atoms with Gasteiger partial charge in [-0.1, -0.05) is 13.8 Å². The summed E-state index contributed by atoms with van der Waals surface area (Å²) < 4.78 is 0. The zero-order valence-electron chi connectivity index (χ0n) is 7.33. The molecule has 1 rings (SSSR count). The lowest BCUT2D eigenvalue weighted by atomic mass is 9.85. The normalized spacial score (nSPS) is 23.0. The second-order valence-corrected chi connectivity index (χ2v) is 3.53. The molecule has 0 spiro atoms. The number of rotatable bonds is 3. The van der Waals surface area contributed by atoms with Crippen LogP contribution in [-0.4, -0.2) is 32.2 Å². The van der Waals surface area contributed by atoms with Gasteiger partial charge in [-0.2, -0.15) is 0 Å². The zero-order valence-corrected chi connectivity index (χ0v) is 7.33. The summed E-state index contributed by atoms with van der Waals surface area (Å²) in [5.74, 6) is 0. The van der Waals surface area contributed by atoms with Gasteiger partial charge in [0.25, 0.3) is 0 Å². The average Bonchev–Trinajstić information content (AvgIpc) is 2.37. The highest BCUT2D eigenvalue weighted by molar-refractivity contribution is 5.82. The molecule has 0 amide bonds. The molecule has 11 heavy (non-hydrogen) atoms. The van der Waals surface area contributed by atoms with Gasteiger partial charge in [-0.3, -0.25) is 4.99 Å². The van der Waals surface area contributed by atoms with Crippen LogP contribution in [0.5, 0.6) is 0 Å². The van der Waals surface area contributed by atoms with Crippen molar-refractivity contribution in [2.45, 2.75) is 19.9 Å². The predicted molar refractivity (Wildman–Crippen MR) is 48.5 cm³/mol. The third kappa shape index (κ3) is 1.87. The van der Waals surface area contributed by atoms with Crippen LogP contribution in [0.15, 0.2) is 9.98 Å². The molecule has 1 atom stereocenters. The zero-order chi connectivity index (χ0) is 8.32. The van der Waals surface area contributed by atoms with E-state index in [1.54, 1.807) is 6.34 Å². The number of aliphatic imine (C=N–C) groups is 2. The Morgan fingerprint density at radius 1 is 1.55 bits per heavy atom. The minimum atomic E-state index is 0.172. The van der Waals surface area contributed by atoms with E-state index in [1.807, 2.05) is 13.3 Å². The minimum absolute atomic E-state index is 0.172. The molecule has 0 aromatic rings. The van der Waals surface area contributed by atoms with E-state index in [0.29, 0.717) is 0 Å². The van der Waals surface area contributed by atoms with Gasteiger partial charge in [-0.25, -0.2) is 4.99 Å². The molecule has 0 aromatic heterocycles. The Balaban J connectivity index is 2.56. The monoisotopic (exact) mass is 153 g/mol. The van der Waals surface area contributed by atoms with Crippen molar-refractivity contribution in [1.29, 1.82) is 0 Å². The van der Waals surface area contributed by atoms with Crippen LogP contribution in [0.4, 0.5) is 0 Å². The van der Waals surface area contributed by atoms with Gasteiger partial charge in [0, 0.05) is 18.2 Å². The fourth-order valence-corrected chi connectivity index (χ4v) is 1.23. The molecule has 0 radical (unpaired) electrons. The smallest absolute Gasteiger partial charge is 0.110 e. The second-order valence-electron chi connectivity index (χ2n) is 3.53. The van der Waals surface area contributed by atoms with Crippen LogP contribution in [0.1, 0.15) is 13.8 Å². The van der Waals surface area contributed by atoms with Gasteiger partial charge < -0.3 is 5.32 Å². The SMILES string of the molecule is CNCC(C)(C)C1C=NC=N1. The van der Waals surface area contributed by atoms with Gasteiger partial charge >= 0.3 is 0 Å². The Morgan fingerprint density at radius 2 is 2.27 bits per heavy atom. The molecular formula is C8H15N3. The summed E-state index contributed by atoms with van der Waals surface area (Å²) in [6.45, 7) is 5.33. The molecule has 3 heteroatoms. The van der Waals surface area contributed by atoms with Crippen molar-refractivity contribution in [3.05, 3.63) is 0 Å². The molecule has 0 aromatic carbocycles. The maximum Gasteiger partial charge on any atom is 0.110 e. The second kappa shape index (κ2) is 3.13. The Hall–Kier alpha value is -0.700. The first-order valence-electron chi connectivity index (χ1n) is 3.86. The van der Waals surface area contributed by atoms with Gasteiger partial charge in [0.05, 0.1) is 6.04 Å². The summed E-state index contributed by atoms with van der Waals surface area (Å²) in [6.07, 6.45) is 3.53. The first-order valence-corrected chi connectivity index (χ1v) is 3.86. The highest BCUT2D eigenvalue weighted by Gasteiger charge is 2.27. The average molecular weight is 153 g/mol. The van der Waals surface area contributed by atoms with Crippen molar-refractivity contribution >= 4 is 12.6 Å². The Labute approximate surface area is 67.6 Å². The molecule has 0 fully saturated rings. The van der Waals surface area contributed by atoms with Crippen LogP contribution in [0.2, 0.25) is 0 Å². The van der Waals surface area contributed by atoms with Crippen LogP contribution in [0.3, 0.4) is 0 Å². The summed E-state index contributed by atoms with van der Waals surface area (Å²) in [6, 6.07) is 0.245. The van der Waals surface area contributed by atoms with E-state index >= 15 is 0 Å². The van der Waals surface area contributed by atoms with Crippen molar-refractivity contribution in [3.8, 4) is 0 Å². The molecule has 1 N–H and O–H groups in total. The topological polar surface area (TPSA) is 36.8 Å². The van der Waals surface area contributed by atoms with E-state index in [2.05, 4.69) is 29.1 Å². The molecule has 1 aliphatic heterocycles. The molecule has 0 bridgehead atoms. The van der Waals surface area contributed by atoms with E-state index in [9.17, 15) is 0 Å². The number of hydrogen-bond acceptors (Lipinski definition) is 3. The lowest BCUT2D eigenvalue weighted by Crippen LogP contribution is -2.36. The van der Waals surface area contributed by atoms with E-state index in [1.165, 1.54) is 0 Å². The quantitative estimate of drug-likeness (QED) is 0.637. The summed E-state index contributed by atoms with van der Waals surface area (Å²) in [7, 11) is 1.96.